The van der Waals surface area contributed by atoms with Gasteiger partial charge in [0.2, 0.25) is 0 Å². The highest BCUT2D eigenvalue weighted by Crippen LogP contribution is 2.42. The van der Waals surface area contributed by atoms with Gasteiger partial charge in [0.25, 0.3) is 0 Å². The molecule has 0 bridgehead atoms. The highest BCUT2D eigenvalue weighted by atomic mass is 15.0. The first-order valence-electron chi connectivity index (χ1n) is 15.8. The molecule has 0 radical (unpaired) electrons. The van der Waals surface area contributed by atoms with Crippen molar-refractivity contribution in [2.75, 3.05) is 0 Å². The molecule has 3 nitrogen and oxygen atoms in total. The second-order valence-corrected chi connectivity index (χ2v) is 12.1. The number of nitrogens with zero attached hydrogens (tertiary/aromatic N) is 3. The molecule has 0 fully saturated rings. The molecular formula is C42H29N3. The zero-order valence-corrected chi connectivity index (χ0v) is 24.7. The molecular weight excluding hydrogens is 546 g/mol. The lowest BCUT2D eigenvalue weighted by Gasteiger charge is -2.14. The molecule has 1 aliphatic carbocycles. The average Bonchev–Trinajstić information content (AvgIpc) is 3.74. The first-order valence-corrected chi connectivity index (χ1v) is 15.8. The Hall–Kier alpha value is -5.80. The summed E-state index contributed by atoms with van der Waals surface area (Å²) in [7, 11) is 0. The molecule has 0 aliphatic heterocycles. The van der Waals surface area contributed by atoms with Gasteiger partial charge in [-0.1, -0.05) is 97.1 Å². The van der Waals surface area contributed by atoms with E-state index in [1.165, 1.54) is 71.1 Å². The van der Waals surface area contributed by atoms with E-state index >= 15 is 0 Å². The number of aromatic nitrogens is 3. The fourth-order valence-electron chi connectivity index (χ4n) is 7.79. The minimum Gasteiger partial charge on any atom is -0.310 e. The number of hydrogen-bond donors (Lipinski definition) is 0. The number of para-hydroxylation sites is 4. The third kappa shape index (κ3) is 3.41. The summed E-state index contributed by atoms with van der Waals surface area (Å²) in [5.41, 5.74) is 11.0. The van der Waals surface area contributed by atoms with E-state index in [2.05, 4.69) is 165 Å². The molecule has 3 heteroatoms. The van der Waals surface area contributed by atoms with Crippen molar-refractivity contribution in [1.29, 1.82) is 0 Å². The van der Waals surface area contributed by atoms with Gasteiger partial charge in [-0.05, 0) is 67.4 Å². The maximum atomic E-state index is 2.49. The molecule has 3 heterocycles. The van der Waals surface area contributed by atoms with Gasteiger partial charge in [0.05, 0.1) is 33.1 Å². The fourth-order valence-corrected chi connectivity index (χ4v) is 7.79. The Bertz CT molecular complexity index is 2650. The number of fused-ring (bicyclic) bond motifs is 10. The summed E-state index contributed by atoms with van der Waals surface area (Å²) in [6.45, 7) is 0. The predicted molar refractivity (Wildman–Crippen MR) is 191 cm³/mol. The number of allylic oxidation sites excluding steroid dienone is 4. The van der Waals surface area contributed by atoms with Crippen molar-refractivity contribution in [3.8, 4) is 11.4 Å². The minimum atomic E-state index is 1.07. The van der Waals surface area contributed by atoms with Crippen LogP contribution in [0.15, 0.2) is 152 Å². The van der Waals surface area contributed by atoms with Gasteiger partial charge in [0.1, 0.15) is 0 Å². The summed E-state index contributed by atoms with van der Waals surface area (Å²) in [6, 6.07) is 48.9. The van der Waals surface area contributed by atoms with E-state index in [9.17, 15) is 0 Å². The van der Waals surface area contributed by atoms with Crippen LogP contribution >= 0.6 is 0 Å². The van der Waals surface area contributed by atoms with Gasteiger partial charge in [-0.25, -0.2) is 0 Å². The minimum absolute atomic E-state index is 1.07. The maximum absolute atomic E-state index is 2.49. The first kappa shape index (κ1) is 24.6. The molecule has 0 saturated carbocycles. The second kappa shape index (κ2) is 9.35. The molecule has 3 aromatic heterocycles. The van der Waals surface area contributed by atoms with Crippen LogP contribution in [-0.4, -0.2) is 13.7 Å². The van der Waals surface area contributed by atoms with Gasteiger partial charge in [-0.15, -0.1) is 0 Å². The third-order valence-corrected chi connectivity index (χ3v) is 9.63. The lowest BCUT2D eigenvalue weighted by atomic mass is 10.1. The molecule has 10 rings (SSSR count). The van der Waals surface area contributed by atoms with Gasteiger partial charge < -0.3 is 13.7 Å². The van der Waals surface area contributed by atoms with Gasteiger partial charge in [0, 0.05) is 49.4 Å². The highest BCUT2D eigenvalue weighted by Gasteiger charge is 2.21. The van der Waals surface area contributed by atoms with Crippen LogP contribution in [0.1, 0.15) is 12.8 Å². The van der Waals surface area contributed by atoms with Crippen LogP contribution in [-0.2, 0) is 0 Å². The highest BCUT2D eigenvalue weighted by molar-refractivity contribution is 6.26. The number of rotatable bonds is 3. The smallest absolute Gasteiger partial charge is 0.0641 e. The molecule has 212 valence electrons. The summed E-state index contributed by atoms with van der Waals surface area (Å²) in [6.07, 6.45) is 9.12. The topological polar surface area (TPSA) is 14.8 Å². The lowest BCUT2D eigenvalue weighted by molar-refractivity contribution is 1.02. The Morgan fingerprint density at radius 3 is 1.60 bits per heavy atom. The van der Waals surface area contributed by atoms with Crippen LogP contribution in [0, 0.1) is 0 Å². The Morgan fingerprint density at radius 1 is 0.400 bits per heavy atom. The summed E-state index contributed by atoms with van der Waals surface area (Å²) in [5.74, 6) is 0. The fraction of sp³-hybridized carbons (Fsp3) is 0.0476. The molecule has 6 aromatic carbocycles. The van der Waals surface area contributed by atoms with E-state index in [0.29, 0.717) is 0 Å². The molecule has 0 amide bonds. The van der Waals surface area contributed by atoms with E-state index in [1.54, 1.807) is 0 Å². The first-order chi connectivity index (χ1) is 22.4. The predicted octanol–water partition coefficient (Wildman–Crippen LogP) is 11.2. The Labute approximate surface area is 260 Å². The van der Waals surface area contributed by atoms with Gasteiger partial charge in [0.15, 0.2) is 0 Å². The van der Waals surface area contributed by atoms with Crippen molar-refractivity contribution in [3.05, 3.63) is 152 Å². The number of hydrogen-bond acceptors (Lipinski definition) is 0. The van der Waals surface area contributed by atoms with Crippen molar-refractivity contribution in [2.24, 2.45) is 0 Å². The largest absolute Gasteiger partial charge is 0.310 e. The van der Waals surface area contributed by atoms with E-state index in [4.69, 9.17) is 0 Å². The van der Waals surface area contributed by atoms with Crippen LogP contribution in [0.4, 0.5) is 0 Å². The normalized spacial score (nSPS) is 13.6. The average molecular weight is 576 g/mol. The second-order valence-electron chi connectivity index (χ2n) is 12.1. The Balaban J connectivity index is 1.33. The molecule has 0 unspecified atom stereocenters. The van der Waals surface area contributed by atoms with Crippen LogP contribution in [0.2, 0.25) is 0 Å². The third-order valence-electron chi connectivity index (χ3n) is 9.63. The van der Waals surface area contributed by atoms with Crippen molar-refractivity contribution < 1.29 is 0 Å². The van der Waals surface area contributed by atoms with Crippen molar-refractivity contribution >= 4 is 71.1 Å². The van der Waals surface area contributed by atoms with Gasteiger partial charge in [-0.2, -0.15) is 0 Å². The van der Waals surface area contributed by atoms with Gasteiger partial charge in [-0.3, -0.25) is 0 Å². The summed E-state index contributed by atoms with van der Waals surface area (Å²) >= 11 is 0. The quantitative estimate of drug-likeness (QED) is 0.199. The number of benzene rings is 6. The van der Waals surface area contributed by atoms with E-state index in [-0.39, 0.29) is 0 Å². The SMILES string of the molecule is C1=CC(n2c3ccccc3c3c2ccc2c4ccccc4n(-c4cccc(-n5c6ccccc6c6ccccc65)c4)c23)=CCC1. The molecule has 0 saturated heterocycles. The van der Waals surface area contributed by atoms with Crippen LogP contribution in [0.5, 0.6) is 0 Å². The van der Waals surface area contributed by atoms with Crippen molar-refractivity contribution in [3.63, 3.8) is 0 Å². The van der Waals surface area contributed by atoms with E-state index in [1.807, 2.05) is 0 Å². The molecule has 0 atom stereocenters. The van der Waals surface area contributed by atoms with Crippen molar-refractivity contribution in [2.45, 2.75) is 12.8 Å². The standard InChI is InChI=1S/C42H29N3/c1-2-13-28(14-3-1)43-39-24-11-7-20-35(39)41-40(43)26-25-34-33-19-6-10-23-38(33)45(42(34)41)30-16-12-15-29(27-30)44-36-21-8-4-17-31(36)32-18-5-9-22-37(32)44/h2,4-27H,1,3H2. The molecule has 0 spiro atoms. The van der Waals surface area contributed by atoms with Crippen LogP contribution in [0.3, 0.4) is 0 Å². The monoisotopic (exact) mass is 575 g/mol. The molecule has 9 aromatic rings. The lowest BCUT2D eigenvalue weighted by Crippen LogP contribution is -1.99. The summed E-state index contributed by atoms with van der Waals surface area (Å²) < 4.78 is 7.36. The van der Waals surface area contributed by atoms with Crippen LogP contribution in [0.25, 0.3) is 82.5 Å². The molecule has 0 N–H and O–H groups in total. The molecule has 1 aliphatic rings. The van der Waals surface area contributed by atoms with E-state index in [0.717, 1.165) is 24.2 Å². The summed E-state index contributed by atoms with van der Waals surface area (Å²) in [5, 5.41) is 7.66. The van der Waals surface area contributed by atoms with Crippen LogP contribution < -0.4 is 0 Å². The Kier molecular flexibility index (Phi) is 5.11. The Morgan fingerprint density at radius 2 is 0.956 bits per heavy atom. The van der Waals surface area contributed by atoms with Crippen molar-refractivity contribution in [1.82, 2.24) is 13.7 Å². The molecule has 45 heavy (non-hydrogen) atoms. The summed E-state index contributed by atoms with van der Waals surface area (Å²) in [4.78, 5) is 0. The van der Waals surface area contributed by atoms with E-state index < -0.39 is 0 Å². The zero-order chi connectivity index (χ0) is 29.5. The maximum Gasteiger partial charge on any atom is 0.0641 e. The van der Waals surface area contributed by atoms with Gasteiger partial charge >= 0.3 is 0 Å². The zero-order valence-electron chi connectivity index (χ0n) is 24.7.